The molecule has 0 amide bonds. The number of hydrogen-bond acceptors (Lipinski definition) is 2. The second-order valence-electron chi connectivity index (χ2n) is 3.33. The van der Waals surface area contributed by atoms with Crippen LogP contribution in [-0.2, 0) is 9.53 Å². The third kappa shape index (κ3) is 3.38. The average Bonchev–Trinajstić information content (AvgIpc) is 2.45. The van der Waals surface area contributed by atoms with Gasteiger partial charge in [0.1, 0.15) is 6.29 Å². The first-order valence-electron chi connectivity index (χ1n) is 4.60. The molecule has 1 unspecified atom stereocenters. The average molecular weight is 294 g/mol. The molecule has 0 aromatic rings. The summed E-state index contributed by atoms with van der Waals surface area (Å²) in [5, 5.41) is 0. The lowest BCUT2D eigenvalue weighted by Gasteiger charge is -2.11. The van der Waals surface area contributed by atoms with Crippen LogP contribution in [0.5, 0.6) is 0 Å². The second kappa shape index (κ2) is 5.75. The fourth-order valence-electron chi connectivity index (χ4n) is 1.60. The lowest BCUT2D eigenvalue weighted by molar-refractivity contribution is -0.108. The van der Waals surface area contributed by atoms with Crippen LogP contribution in [0.25, 0.3) is 0 Å². The summed E-state index contributed by atoms with van der Waals surface area (Å²) in [5.74, 6) is 0. The van der Waals surface area contributed by atoms with Gasteiger partial charge in [-0.3, -0.25) is 0 Å². The third-order valence-electron chi connectivity index (χ3n) is 2.28. The van der Waals surface area contributed by atoms with Crippen LogP contribution in [0.3, 0.4) is 0 Å². The van der Waals surface area contributed by atoms with E-state index in [4.69, 9.17) is 4.74 Å². The molecule has 0 aliphatic carbocycles. The highest BCUT2D eigenvalue weighted by Crippen LogP contribution is 2.29. The van der Waals surface area contributed by atoms with Crippen LogP contribution in [-0.4, -0.2) is 22.9 Å². The third-order valence-corrected chi connectivity index (χ3v) is 2.90. The van der Waals surface area contributed by atoms with Crippen molar-refractivity contribution in [3.63, 3.8) is 0 Å². The molecule has 1 rings (SSSR count). The van der Waals surface area contributed by atoms with Gasteiger partial charge in [0.05, 0.1) is 12.2 Å². The van der Waals surface area contributed by atoms with Gasteiger partial charge in [-0.05, 0) is 24.8 Å². The van der Waals surface area contributed by atoms with E-state index >= 15 is 0 Å². The van der Waals surface area contributed by atoms with Gasteiger partial charge in [-0.1, -0.05) is 29.2 Å². The molecule has 0 saturated carbocycles. The van der Waals surface area contributed by atoms with Crippen molar-refractivity contribution >= 4 is 28.9 Å². The zero-order valence-corrected chi connectivity index (χ0v) is 9.83. The predicted octanol–water partition coefficient (Wildman–Crippen LogP) is 2.50. The quantitative estimate of drug-likeness (QED) is 0.337. The van der Waals surface area contributed by atoms with Crippen molar-refractivity contribution in [3.8, 4) is 0 Å². The molecule has 0 aromatic heterocycles. The van der Waals surface area contributed by atoms with Gasteiger partial charge in [0.2, 0.25) is 0 Å². The Morgan fingerprint density at radius 1 is 1.62 bits per heavy atom. The van der Waals surface area contributed by atoms with Gasteiger partial charge >= 0.3 is 0 Å². The van der Waals surface area contributed by atoms with Gasteiger partial charge in [0, 0.05) is 10.8 Å². The largest absolute Gasteiger partial charge is 0.370 e. The maximum Gasteiger partial charge on any atom is 0.120 e. The number of rotatable bonds is 5. The van der Waals surface area contributed by atoms with Gasteiger partial charge in [-0.15, -0.1) is 0 Å². The van der Waals surface area contributed by atoms with Crippen LogP contribution >= 0.6 is 22.6 Å². The molecule has 3 heteroatoms. The summed E-state index contributed by atoms with van der Waals surface area (Å²) in [6.45, 7) is 4.00. The van der Waals surface area contributed by atoms with Crippen LogP contribution in [0.4, 0.5) is 0 Å². The van der Waals surface area contributed by atoms with E-state index in [0.717, 1.165) is 30.0 Å². The maximum absolute atomic E-state index is 10.2. The van der Waals surface area contributed by atoms with Gasteiger partial charge < -0.3 is 9.53 Å². The van der Waals surface area contributed by atoms with Gasteiger partial charge in [0.15, 0.2) is 0 Å². The molecule has 0 spiro atoms. The summed E-state index contributed by atoms with van der Waals surface area (Å²) in [5.41, 5.74) is 1.20. The summed E-state index contributed by atoms with van der Waals surface area (Å²) in [7, 11) is 0. The predicted molar refractivity (Wildman–Crippen MR) is 61.2 cm³/mol. The molecule has 13 heavy (non-hydrogen) atoms. The lowest BCUT2D eigenvalue weighted by Crippen LogP contribution is -2.11. The zero-order chi connectivity index (χ0) is 9.68. The van der Waals surface area contributed by atoms with Crippen LogP contribution in [0.15, 0.2) is 12.2 Å². The van der Waals surface area contributed by atoms with Crippen molar-refractivity contribution in [3.05, 3.63) is 12.2 Å². The highest BCUT2D eigenvalue weighted by Gasteiger charge is 2.27. The second-order valence-corrected chi connectivity index (χ2v) is 4.41. The van der Waals surface area contributed by atoms with Crippen molar-refractivity contribution in [1.82, 2.24) is 0 Å². The summed E-state index contributed by atoms with van der Waals surface area (Å²) < 4.78 is 6.85. The SMILES string of the molecule is C=C1CC(CCC=O)O[C@H]1CCI. The highest BCUT2D eigenvalue weighted by atomic mass is 127. The van der Waals surface area contributed by atoms with Crippen LogP contribution < -0.4 is 0 Å². The van der Waals surface area contributed by atoms with E-state index in [9.17, 15) is 4.79 Å². The first-order valence-corrected chi connectivity index (χ1v) is 6.13. The number of hydrogen-bond donors (Lipinski definition) is 0. The van der Waals surface area contributed by atoms with Crippen molar-refractivity contribution in [2.45, 2.75) is 37.9 Å². The molecule has 0 bridgehead atoms. The van der Waals surface area contributed by atoms with Crippen molar-refractivity contribution in [1.29, 1.82) is 0 Å². The zero-order valence-electron chi connectivity index (χ0n) is 7.67. The van der Waals surface area contributed by atoms with Gasteiger partial charge in [-0.2, -0.15) is 0 Å². The summed E-state index contributed by atoms with van der Waals surface area (Å²) in [6.07, 6.45) is 4.89. The monoisotopic (exact) mass is 294 g/mol. The molecule has 74 valence electrons. The molecule has 1 aliphatic rings. The molecule has 1 heterocycles. The van der Waals surface area contributed by atoms with E-state index in [-0.39, 0.29) is 12.2 Å². The number of carbonyl (C=O) groups is 1. The number of alkyl halides is 1. The molecular formula is C10H15IO2. The molecule has 1 fully saturated rings. The Hall–Kier alpha value is 0.1000. The smallest absolute Gasteiger partial charge is 0.120 e. The minimum atomic E-state index is 0.241. The summed E-state index contributed by atoms with van der Waals surface area (Å²) in [6, 6.07) is 0. The van der Waals surface area contributed by atoms with E-state index in [2.05, 4.69) is 29.2 Å². The Kier molecular flexibility index (Phi) is 4.94. The van der Waals surface area contributed by atoms with Crippen LogP contribution in [0.2, 0.25) is 0 Å². The minimum absolute atomic E-state index is 0.241. The van der Waals surface area contributed by atoms with E-state index in [1.807, 2.05) is 0 Å². The molecule has 2 atom stereocenters. The van der Waals surface area contributed by atoms with Gasteiger partial charge in [0.25, 0.3) is 0 Å². The number of ether oxygens (including phenoxy) is 1. The molecular weight excluding hydrogens is 279 g/mol. The Morgan fingerprint density at radius 3 is 3.00 bits per heavy atom. The van der Waals surface area contributed by atoms with E-state index in [1.54, 1.807) is 0 Å². The van der Waals surface area contributed by atoms with E-state index in [1.165, 1.54) is 5.57 Å². The van der Waals surface area contributed by atoms with Crippen molar-refractivity contribution < 1.29 is 9.53 Å². The molecule has 1 aliphatic heterocycles. The first kappa shape index (κ1) is 11.2. The van der Waals surface area contributed by atoms with E-state index < -0.39 is 0 Å². The lowest BCUT2D eigenvalue weighted by atomic mass is 10.1. The highest BCUT2D eigenvalue weighted by molar-refractivity contribution is 14.1. The molecule has 0 aromatic carbocycles. The van der Waals surface area contributed by atoms with E-state index in [0.29, 0.717) is 6.42 Å². The molecule has 2 nitrogen and oxygen atoms in total. The topological polar surface area (TPSA) is 26.3 Å². The van der Waals surface area contributed by atoms with Crippen molar-refractivity contribution in [2.75, 3.05) is 4.43 Å². The number of carbonyl (C=O) groups excluding carboxylic acids is 1. The van der Waals surface area contributed by atoms with Gasteiger partial charge in [-0.25, -0.2) is 0 Å². The Labute approximate surface area is 92.9 Å². The van der Waals surface area contributed by atoms with Crippen LogP contribution in [0.1, 0.15) is 25.7 Å². The molecule has 1 saturated heterocycles. The molecule has 0 radical (unpaired) electrons. The fraction of sp³-hybridized carbons (Fsp3) is 0.700. The normalized spacial score (nSPS) is 27.9. The molecule has 0 N–H and O–H groups in total. The fourth-order valence-corrected chi connectivity index (χ4v) is 2.16. The van der Waals surface area contributed by atoms with Crippen molar-refractivity contribution in [2.24, 2.45) is 0 Å². The van der Waals surface area contributed by atoms with Crippen LogP contribution in [0, 0.1) is 0 Å². The number of halogens is 1. The minimum Gasteiger partial charge on any atom is -0.370 e. The maximum atomic E-state index is 10.2. The summed E-state index contributed by atoms with van der Waals surface area (Å²) in [4.78, 5) is 10.2. The Balaban J connectivity index is 2.31. The number of aldehydes is 1. The Bertz CT molecular complexity index is 191. The Morgan fingerprint density at radius 2 is 2.38 bits per heavy atom. The standard InChI is InChI=1S/C10H15IO2/c1-8-7-9(3-2-6-12)13-10(8)4-5-11/h6,9-10H,1-5,7H2/t9?,10-/m0/s1. The first-order chi connectivity index (χ1) is 6.27. The summed E-state index contributed by atoms with van der Waals surface area (Å²) >= 11 is 2.35.